The molecule has 1 aromatic carbocycles. The molecule has 0 spiro atoms. The zero-order chi connectivity index (χ0) is 19.6. The summed E-state index contributed by atoms with van der Waals surface area (Å²) in [6.07, 6.45) is 6.52. The molecule has 0 nitrogen and oxygen atoms in total. The number of aryl methyl sites for hydroxylation is 2. The van der Waals surface area contributed by atoms with E-state index in [1.54, 1.807) is 0 Å². The van der Waals surface area contributed by atoms with Gasteiger partial charge in [0, 0.05) is 0 Å². The highest BCUT2D eigenvalue weighted by molar-refractivity contribution is 5.35. The second kappa shape index (κ2) is 8.53. The summed E-state index contributed by atoms with van der Waals surface area (Å²) >= 11 is 0. The lowest BCUT2D eigenvalue weighted by Gasteiger charge is -2.37. The van der Waals surface area contributed by atoms with Crippen molar-refractivity contribution in [1.29, 1.82) is 0 Å². The second-order valence-electron chi connectivity index (χ2n) is 9.07. The van der Waals surface area contributed by atoms with Gasteiger partial charge in [-0.15, -0.1) is 0 Å². The number of halogens is 4. The van der Waals surface area contributed by atoms with Crippen LogP contribution in [0.2, 0.25) is 0 Å². The summed E-state index contributed by atoms with van der Waals surface area (Å²) in [6, 6.07) is 2.94. The average molecular weight is 385 g/mol. The minimum Gasteiger partial charge on any atom is -0.206 e. The molecule has 0 radical (unpaired) electrons. The largest absolute Gasteiger partial charge is 0.419 e. The maximum Gasteiger partial charge on any atom is 0.419 e. The molecule has 2 aliphatic carbocycles. The highest BCUT2D eigenvalue weighted by Gasteiger charge is 2.37. The lowest BCUT2D eigenvalue weighted by molar-refractivity contribution is -0.140. The van der Waals surface area contributed by atoms with E-state index in [1.165, 1.54) is 57.6 Å². The summed E-state index contributed by atoms with van der Waals surface area (Å²) in [4.78, 5) is 0. The van der Waals surface area contributed by atoms with E-state index in [-0.39, 0.29) is 11.1 Å². The van der Waals surface area contributed by atoms with Gasteiger partial charge in [0.05, 0.1) is 5.56 Å². The van der Waals surface area contributed by atoms with Gasteiger partial charge in [-0.25, -0.2) is 4.39 Å². The molecule has 27 heavy (non-hydrogen) atoms. The van der Waals surface area contributed by atoms with Crippen molar-refractivity contribution < 1.29 is 17.6 Å². The molecule has 0 atom stereocenters. The van der Waals surface area contributed by atoms with Crippen molar-refractivity contribution in [1.82, 2.24) is 0 Å². The maximum atomic E-state index is 14.1. The predicted molar refractivity (Wildman–Crippen MR) is 101 cm³/mol. The third-order valence-corrected chi connectivity index (χ3v) is 7.15. The van der Waals surface area contributed by atoms with E-state index >= 15 is 0 Å². The summed E-state index contributed by atoms with van der Waals surface area (Å²) in [5.74, 6) is 1.93. The number of hydrogen-bond acceptors (Lipinski definition) is 0. The fourth-order valence-electron chi connectivity index (χ4n) is 5.30. The van der Waals surface area contributed by atoms with E-state index in [1.807, 2.05) is 0 Å². The normalized spacial score (nSPS) is 29.7. The van der Waals surface area contributed by atoms with Gasteiger partial charge in [0.15, 0.2) is 0 Å². The van der Waals surface area contributed by atoms with Gasteiger partial charge < -0.3 is 0 Å². The minimum absolute atomic E-state index is 0.0633. The molecule has 0 N–H and O–H groups in total. The van der Waals surface area contributed by atoms with Gasteiger partial charge >= 0.3 is 6.18 Å². The van der Waals surface area contributed by atoms with E-state index in [9.17, 15) is 17.6 Å². The molecule has 2 aliphatic rings. The van der Waals surface area contributed by atoms with Crippen LogP contribution in [0.25, 0.3) is 0 Å². The SMILES string of the molecule is Cc1ccc(CCC2CCC(C3CCC(C)CC3)CC2)c(C(F)(F)F)c1F. The van der Waals surface area contributed by atoms with Gasteiger partial charge in [-0.1, -0.05) is 44.7 Å². The smallest absolute Gasteiger partial charge is 0.206 e. The Labute approximate surface area is 160 Å². The molecule has 0 heterocycles. The van der Waals surface area contributed by atoms with Gasteiger partial charge in [0.1, 0.15) is 5.82 Å². The van der Waals surface area contributed by atoms with E-state index < -0.39 is 17.6 Å². The molecule has 2 saturated carbocycles. The fourth-order valence-corrected chi connectivity index (χ4v) is 5.30. The molecule has 3 rings (SSSR count). The topological polar surface area (TPSA) is 0 Å². The minimum atomic E-state index is -4.62. The fraction of sp³-hybridized carbons (Fsp3) is 0.739. The van der Waals surface area contributed by atoms with Crippen LogP contribution in [0.1, 0.15) is 81.4 Å². The van der Waals surface area contributed by atoms with E-state index in [0.717, 1.165) is 37.0 Å². The Morgan fingerprint density at radius 3 is 2.00 bits per heavy atom. The van der Waals surface area contributed by atoms with Gasteiger partial charge in [-0.2, -0.15) is 13.2 Å². The Bertz CT molecular complexity index is 618. The lowest BCUT2D eigenvalue weighted by atomic mass is 9.69. The van der Waals surface area contributed by atoms with Crippen LogP contribution < -0.4 is 0 Å². The predicted octanol–water partition coefficient (Wildman–Crippen LogP) is 7.72. The first kappa shape index (κ1) is 20.7. The molecule has 0 aromatic heterocycles. The van der Waals surface area contributed by atoms with Crippen molar-refractivity contribution in [3.63, 3.8) is 0 Å². The Balaban J connectivity index is 1.54. The van der Waals surface area contributed by atoms with Crippen LogP contribution in [0.5, 0.6) is 0 Å². The Morgan fingerprint density at radius 2 is 1.44 bits per heavy atom. The van der Waals surface area contributed by atoms with Crippen LogP contribution in [-0.4, -0.2) is 0 Å². The molecule has 2 fully saturated rings. The van der Waals surface area contributed by atoms with Crippen molar-refractivity contribution in [2.75, 3.05) is 0 Å². The first-order chi connectivity index (χ1) is 12.8. The van der Waals surface area contributed by atoms with E-state index in [4.69, 9.17) is 0 Å². The van der Waals surface area contributed by atoms with Crippen LogP contribution >= 0.6 is 0 Å². The van der Waals surface area contributed by atoms with Crippen LogP contribution in [0, 0.1) is 36.4 Å². The maximum absolute atomic E-state index is 14.1. The van der Waals surface area contributed by atoms with E-state index in [0.29, 0.717) is 12.3 Å². The molecular formula is C23H32F4. The lowest BCUT2D eigenvalue weighted by Crippen LogP contribution is -2.25. The Morgan fingerprint density at radius 1 is 0.889 bits per heavy atom. The van der Waals surface area contributed by atoms with Crippen molar-refractivity contribution in [3.8, 4) is 0 Å². The molecule has 0 saturated heterocycles. The number of alkyl halides is 3. The molecule has 1 aromatic rings. The third-order valence-electron chi connectivity index (χ3n) is 7.15. The molecular weight excluding hydrogens is 352 g/mol. The average Bonchev–Trinajstić information content (AvgIpc) is 2.63. The monoisotopic (exact) mass is 384 g/mol. The highest BCUT2D eigenvalue weighted by Crippen LogP contribution is 2.42. The molecule has 0 unspecified atom stereocenters. The summed E-state index contributed by atoms with van der Waals surface area (Å²) in [7, 11) is 0. The van der Waals surface area contributed by atoms with Crippen molar-refractivity contribution >= 4 is 0 Å². The molecule has 0 bridgehead atoms. The van der Waals surface area contributed by atoms with Crippen molar-refractivity contribution in [2.45, 2.75) is 84.2 Å². The van der Waals surface area contributed by atoms with E-state index in [2.05, 4.69) is 6.92 Å². The Kier molecular flexibility index (Phi) is 6.53. The molecule has 152 valence electrons. The summed E-state index contributed by atoms with van der Waals surface area (Å²) in [6.45, 7) is 3.73. The zero-order valence-corrected chi connectivity index (χ0v) is 16.5. The summed E-state index contributed by atoms with van der Waals surface area (Å²) < 4.78 is 54.0. The van der Waals surface area contributed by atoms with Gasteiger partial charge in [-0.3, -0.25) is 0 Å². The second-order valence-corrected chi connectivity index (χ2v) is 9.07. The van der Waals surface area contributed by atoms with Crippen LogP contribution in [0.4, 0.5) is 17.6 Å². The Hall–Kier alpha value is -1.06. The number of benzene rings is 1. The zero-order valence-electron chi connectivity index (χ0n) is 16.5. The van der Waals surface area contributed by atoms with Gasteiger partial charge in [-0.05, 0) is 80.2 Å². The van der Waals surface area contributed by atoms with Crippen molar-refractivity contribution in [3.05, 3.63) is 34.6 Å². The van der Waals surface area contributed by atoms with Crippen LogP contribution in [-0.2, 0) is 12.6 Å². The quantitative estimate of drug-likeness (QED) is 0.466. The van der Waals surface area contributed by atoms with Gasteiger partial charge in [0.25, 0.3) is 0 Å². The van der Waals surface area contributed by atoms with Crippen LogP contribution in [0.3, 0.4) is 0 Å². The summed E-state index contributed by atoms with van der Waals surface area (Å²) in [5, 5.41) is 0. The first-order valence-corrected chi connectivity index (χ1v) is 10.6. The third kappa shape index (κ3) is 5.06. The molecule has 0 amide bonds. The summed E-state index contributed by atoms with van der Waals surface area (Å²) in [5.41, 5.74) is -0.866. The molecule has 4 heteroatoms. The first-order valence-electron chi connectivity index (χ1n) is 10.6. The number of rotatable bonds is 4. The highest BCUT2D eigenvalue weighted by atomic mass is 19.4. The molecule has 0 aliphatic heterocycles. The number of hydrogen-bond donors (Lipinski definition) is 0. The van der Waals surface area contributed by atoms with Crippen molar-refractivity contribution in [2.24, 2.45) is 23.7 Å². The standard InChI is InChI=1S/C23H32F4/c1-15-3-9-18(10-4-15)19-12-6-17(7-13-19)8-14-20-11-5-16(2)22(24)21(20)23(25,26)27/h5,11,15,17-19H,3-4,6-10,12-14H2,1-2H3. The van der Waals surface area contributed by atoms with Crippen LogP contribution in [0.15, 0.2) is 12.1 Å². The van der Waals surface area contributed by atoms with Gasteiger partial charge in [0.2, 0.25) is 0 Å².